The smallest absolute Gasteiger partial charge is 0.142 e. The molecule has 0 fully saturated rings. The van der Waals surface area contributed by atoms with Gasteiger partial charge in [-0.15, -0.1) is 0 Å². The van der Waals surface area contributed by atoms with Gasteiger partial charge in [-0.25, -0.2) is 4.39 Å². The van der Waals surface area contributed by atoms with Gasteiger partial charge >= 0.3 is 0 Å². The van der Waals surface area contributed by atoms with Gasteiger partial charge in [-0.05, 0) is 35.9 Å². The van der Waals surface area contributed by atoms with E-state index in [-0.39, 0.29) is 10.8 Å². The highest BCUT2D eigenvalue weighted by Crippen LogP contribution is 2.23. The molecule has 2 aromatic rings. The van der Waals surface area contributed by atoms with Crippen LogP contribution in [0.15, 0.2) is 47.4 Å². The molecule has 0 saturated carbocycles. The maximum atomic E-state index is 13.2. The van der Waals surface area contributed by atoms with E-state index in [0.29, 0.717) is 16.1 Å². The van der Waals surface area contributed by atoms with Crippen LogP contribution in [0.5, 0.6) is 0 Å². The molecule has 0 aliphatic carbocycles. The van der Waals surface area contributed by atoms with Gasteiger partial charge in [0.1, 0.15) is 5.82 Å². The summed E-state index contributed by atoms with van der Waals surface area (Å²) < 4.78 is 25.3. The van der Waals surface area contributed by atoms with Crippen LogP contribution in [0, 0.1) is 5.82 Å². The molecule has 0 saturated heterocycles. The van der Waals surface area contributed by atoms with Crippen LogP contribution in [0.3, 0.4) is 0 Å². The Bertz CT molecular complexity index is 586. The second-order valence-corrected chi connectivity index (χ2v) is 5.60. The van der Waals surface area contributed by atoms with Crippen LogP contribution in [0.25, 0.3) is 0 Å². The van der Waals surface area contributed by atoms with Crippen LogP contribution in [-0.2, 0) is 16.6 Å². The quantitative estimate of drug-likeness (QED) is 0.878. The normalized spacial score (nSPS) is 12.3. The Morgan fingerprint density at radius 2 is 1.83 bits per heavy atom. The van der Waals surface area contributed by atoms with Crippen molar-refractivity contribution in [3.05, 3.63) is 58.9 Å². The molecule has 2 N–H and O–H groups in total. The molecule has 0 aromatic heterocycles. The van der Waals surface area contributed by atoms with E-state index in [0.717, 1.165) is 0 Å². The first-order valence-electron chi connectivity index (χ1n) is 5.25. The molecular formula is C13H11ClFNOS. The molecule has 2 rings (SSSR count). The molecule has 1 unspecified atom stereocenters. The van der Waals surface area contributed by atoms with E-state index in [1.54, 1.807) is 36.4 Å². The topological polar surface area (TPSA) is 43.1 Å². The van der Waals surface area contributed by atoms with Gasteiger partial charge < -0.3 is 5.73 Å². The fraction of sp³-hybridized carbons (Fsp3) is 0.0769. The van der Waals surface area contributed by atoms with Crippen molar-refractivity contribution in [3.63, 3.8) is 0 Å². The number of benzene rings is 2. The van der Waals surface area contributed by atoms with E-state index < -0.39 is 16.6 Å². The maximum Gasteiger partial charge on any atom is 0.142 e. The van der Waals surface area contributed by atoms with Crippen molar-refractivity contribution in [2.75, 3.05) is 5.73 Å². The molecule has 0 amide bonds. The number of nitrogen functional groups attached to an aromatic ring is 1. The third-order valence-corrected chi connectivity index (χ3v) is 4.26. The lowest BCUT2D eigenvalue weighted by Gasteiger charge is -2.05. The third kappa shape index (κ3) is 2.89. The van der Waals surface area contributed by atoms with Gasteiger partial charge in [0.25, 0.3) is 0 Å². The van der Waals surface area contributed by atoms with Gasteiger partial charge in [0.2, 0.25) is 0 Å². The lowest BCUT2D eigenvalue weighted by molar-refractivity contribution is 0.626. The van der Waals surface area contributed by atoms with Crippen molar-refractivity contribution < 1.29 is 8.60 Å². The number of hydrogen-bond acceptors (Lipinski definition) is 2. The summed E-state index contributed by atoms with van der Waals surface area (Å²) in [6.45, 7) is 0. The number of rotatable bonds is 3. The summed E-state index contributed by atoms with van der Waals surface area (Å²) >= 11 is 5.82. The Morgan fingerprint density at radius 1 is 1.17 bits per heavy atom. The zero-order valence-electron chi connectivity index (χ0n) is 9.40. The molecule has 18 heavy (non-hydrogen) atoms. The molecule has 1 atom stereocenters. The average Bonchev–Trinajstić information content (AvgIpc) is 2.36. The van der Waals surface area contributed by atoms with Gasteiger partial charge in [-0.3, -0.25) is 4.21 Å². The van der Waals surface area contributed by atoms with Crippen molar-refractivity contribution >= 4 is 28.1 Å². The predicted octanol–water partition coefficient (Wildman–Crippen LogP) is 3.37. The Labute approximate surface area is 112 Å². The lowest BCUT2D eigenvalue weighted by Crippen LogP contribution is -1.98. The first kappa shape index (κ1) is 13.1. The minimum atomic E-state index is -1.27. The molecule has 0 aliphatic rings. The van der Waals surface area contributed by atoms with Crippen molar-refractivity contribution in [2.24, 2.45) is 0 Å². The molecule has 94 valence electrons. The summed E-state index contributed by atoms with van der Waals surface area (Å²) in [7, 11) is -1.27. The Balaban J connectivity index is 2.21. The van der Waals surface area contributed by atoms with Gasteiger partial charge in [0, 0.05) is 10.6 Å². The number of hydrogen-bond donors (Lipinski definition) is 1. The molecule has 0 radical (unpaired) electrons. The zero-order chi connectivity index (χ0) is 13.1. The first-order valence-corrected chi connectivity index (χ1v) is 6.94. The Morgan fingerprint density at radius 3 is 2.50 bits per heavy atom. The zero-order valence-corrected chi connectivity index (χ0v) is 11.0. The number of nitrogens with two attached hydrogens (primary N) is 1. The lowest BCUT2D eigenvalue weighted by atomic mass is 10.2. The average molecular weight is 284 g/mol. The Hall–Kier alpha value is -1.39. The summed E-state index contributed by atoms with van der Waals surface area (Å²) in [4.78, 5) is 0.643. The SMILES string of the molecule is Nc1ccc(S(=O)Cc2cccc(F)c2Cl)cc1. The van der Waals surface area contributed by atoms with Crippen LogP contribution in [0.1, 0.15) is 5.56 Å². The van der Waals surface area contributed by atoms with Crippen LogP contribution in [0.4, 0.5) is 10.1 Å². The summed E-state index contributed by atoms with van der Waals surface area (Å²) in [5.41, 5.74) is 6.70. The molecule has 0 aliphatic heterocycles. The molecule has 5 heteroatoms. The van der Waals surface area contributed by atoms with E-state index in [1.165, 1.54) is 6.07 Å². The molecule has 0 heterocycles. The largest absolute Gasteiger partial charge is 0.399 e. The summed E-state index contributed by atoms with van der Waals surface area (Å²) in [5, 5.41) is 0.0290. The third-order valence-electron chi connectivity index (χ3n) is 2.46. The van der Waals surface area contributed by atoms with Gasteiger partial charge in [-0.2, -0.15) is 0 Å². The van der Waals surface area contributed by atoms with E-state index in [1.807, 2.05) is 0 Å². The fourth-order valence-electron chi connectivity index (χ4n) is 1.50. The van der Waals surface area contributed by atoms with E-state index >= 15 is 0 Å². The monoisotopic (exact) mass is 283 g/mol. The molecule has 2 nitrogen and oxygen atoms in total. The van der Waals surface area contributed by atoms with E-state index in [2.05, 4.69) is 0 Å². The summed E-state index contributed by atoms with van der Waals surface area (Å²) in [5.74, 6) is -0.316. The van der Waals surface area contributed by atoms with Crippen molar-refractivity contribution in [3.8, 4) is 0 Å². The molecule has 0 bridgehead atoms. The highest BCUT2D eigenvalue weighted by atomic mass is 35.5. The summed E-state index contributed by atoms with van der Waals surface area (Å²) in [6.07, 6.45) is 0. The van der Waals surface area contributed by atoms with Crippen LogP contribution >= 0.6 is 11.6 Å². The van der Waals surface area contributed by atoms with Gasteiger partial charge in [0.05, 0.1) is 21.6 Å². The molecule has 2 aromatic carbocycles. The highest BCUT2D eigenvalue weighted by Gasteiger charge is 2.10. The van der Waals surface area contributed by atoms with Crippen LogP contribution < -0.4 is 5.73 Å². The first-order chi connectivity index (χ1) is 8.58. The van der Waals surface area contributed by atoms with Crippen molar-refractivity contribution in [2.45, 2.75) is 10.6 Å². The standard InChI is InChI=1S/C13H11ClFNOS/c14-13-9(2-1-3-12(13)15)8-18(17)11-6-4-10(16)5-7-11/h1-7H,8,16H2. The minimum Gasteiger partial charge on any atom is -0.399 e. The second-order valence-electron chi connectivity index (χ2n) is 3.77. The van der Waals surface area contributed by atoms with Gasteiger partial charge in [-0.1, -0.05) is 23.7 Å². The van der Waals surface area contributed by atoms with Crippen molar-refractivity contribution in [1.29, 1.82) is 0 Å². The van der Waals surface area contributed by atoms with Crippen LogP contribution in [-0.4, -0.2) is 4.21 Å². The second kappa shape index (κ2) is 5.50. The van der Waals surface area contributed by atoms with Crippen molar-refractivity contribution in [1.82, 2.24) is 0 Å². The number of anilines is 1. The van der Waals surface area contributed by atoms with Crippen LogP contribution in [0.2, 0.25) is 5.02 Å². The Kier molecular flexibility index (Phi) is 3.99. The molecular weight excluding hydrogens is 273 g/mol. The van der Waals surface area contributed by atoms with E-state index in [4.69, 9.17) is 17.3 Å². The van der Waals surface area contributed by atoms with E-state index in [9.17, 15) is 8.60 Å². The highest BCUT2D eigenvalue weighted by molar-refractivity contribution is 7.84. The predicted molar refractivity (Wildman–Crippen MR) is 72.4 cm³/mol. The van der Waals surface area contributed by atoms with Gasteiger partial charge in [0.15, 0.2) is 0 Å². The molecule has 0 spiro atoms. The number of halogens is 2. The fourth-order valence-corrected chi connectivity index (χ4v) is 2.91. The summed E-state index contributed by atoms with van der Waals surface area (Å²) in [6, 6.07) is 11.2. The minimum absolute atomic E-state index is 0.0290. The maximum absolute atomic E-state index is 13.2.